The second kappa shape index (κ2) is 6.95. The Morgan fingerprint density at radius 1 is 1.24 bits per heavy atom. The Balaban J connectivity index is 1.80. The first kappa shape index (κ1) is 17.6. The second-order valence-electron chi connectivity index (χ2n) is 5.42. The molecule has 0 bridgehead atoms. The Labute approximate surface area is 147 Å². The van der Waals surface area contributed by atoms with Gasteiger partial charge in [0.05, 0.1) is 12.7 Å². The van der Waals surface area contributed by atoms with E-state index in [2.05, 4.69) is 4.98 Å². The van der Waals surface area contributed by atoms with Crippen LogP contribution in [0.5, 0.6) is 5.75 Å². The van der Waals surface area contributed by atoms with Gasteiger partial charge in [0, 0.05) is 18.5 Å². The minimum absolute atomic E-state index is 0.147. The highest BCUT2D eigenvalue weighted by atomic mass is 32.2. The molecule has 3 rings (SSSR count). The normalized spacial score (nSPS) is 17.6. The van der Waals surface area contributed by atoms with Crippen LogP contribution in [-0.2, 0) is 6.18 Å². The molecule has 4 nitrogen and oxygen atoms in total. The molecule has 1 aliphatic heterocycles. The van der Waals surface area contributed by atoms with Crippen molar-refractivity contribution in [1.82, 2.24) is 9.88 Å². The van der Waals surface area contributed by atoms with Gasteiger partial charge in [-0.25, -0.2) is 0 Å². The van der Waals surface area contributed by atoms with Crippen LogP contribution < -0.4 is 4.74 Å². The first-order valence-electron chi connectivity index (χ1n) is 7.50. The van der Waals surface area contributed by atoms with Crippen LogP contribution >= 0.6 is 11.8 Å². The van der Waals surface area contributed by atoms with Crippen molar-refractivity contribution in [3.05, 3.63) is 59.4 Å². The Morgan fingerprint density at radius 3 is 2.52 bits per heavy atom. The van der Waals surface area contributed by atoms with Crippen molar-refractivity contribution in [3.63, 3.8) is 0 Å². The van der Waals surface area contributed by atoms with E-state index in [-0.39, 0.29) is 16.8 Å². The lowest BCUT2D eigenvalue weighted by Crippen LogP contribution is -2.30. The first-order chi connectivity index (χ1) is 11.9. The van der Waals surface area contributed by atoms with E-state index >= 15 is 0 Å². The maximum absolute atomic E-state index is 12.7. The van der Waals surface area contributed by atoms with Crippen LogP contribution in [0.4, 0.5) is 13.2 Å². The number of benzene rings is 1. The molecule has 0 saturated carbocycles. The average molecular weight is 368 g/mol. The van der Waals surface area contributed by atoms with Crippen molar-refractivity contribution in [2.75, 3.05) is 19.4 Å². The zero-order valence-corrected chi connectivity index (χ0v) is 14.1. The molecule has 1 aromatic heterocycles. The van der Waals surface area contributed by atoms with Gasteiger partial charge in [0.15, 0.2) is 0 Å². The highest BCUT2D eigenvalue weighted by Gasteiger charge is 2.34. The smallest absolute Gasteiger partial charge is 0.433 e. The molecule has 25 heavy (non-hydrogen) atoms. The largest absolute Gasteiger partial charge is 0.497 e. The van der Waals surface area contributed by atoms with Gasteiger partial charge >= 0.3 is 6.18 Å². The second-order valence-corrected chi connectivity index (χ2v) is 6.61. The summed E-state index contributed by atoms with van der Waals surface area (Å²) in [6.45, 7) is 0.529. The molecule has 132 valence electrons. The number of nitrogens with zero attached hydrogens (tertiary/aromatic N) is 2. The third-order valence-corrected chi connectivity index (χ3v) is 5.11. The lowest BCUT2D eigenvalue weighted by Gasteiger charge is -2.24. The molecule has 1 unspecified atom stereocenters. The van der Waals surface area contributed by atoms with Crippen molar-refractivity contribution in [3.8, 4) is 5.75 Å². The Kier molecular flexibility index (Phi) is 4.89. The molecule has 0 N–H and O–H groups in total. The van der Waals surface area contributed by atoms with Crippen LogP contribution in [-0.4, -0.2) is 35.2 Å². The average Bonchev–Trinajstić information content (AvgIpc) is 3.10. The lowest BCUT2D eigenvalue weighted by molar-refractivity contribution is -0.141. The van der Waals surface area contributed by atoms with Crippen molar-refractivity contribution in [2.45, 2.75) is 11.6 Å². The van der Waals surface area contributed by atoms with Gasteiger partial charge in [-0.05, 0) is 29.8 Å². The molecule has 0 aliphatic carbocycles. The first-order valence-corrected chi connectivity index (χ1v) is 8.55. The fourth-order valence-corrected chi connectivity index (χ4v) is 3.83. The van der Waals surface area contributed by atoms with Gasteiger partial charge in [0.2, 0.25) is 0 Å². The van der Waals surface area contributed by atoms with Gasteiger partial charge in [-0.2, -0.15) is 13.2 Å². The summed E-state index contributed by atoms with van der Waals surface area (Å²) in [6, 6.07) is 9.40. The Hall–Kier alpha value is -2.22. The van der Waals surface area contributed by atoms with Crippen LogP contribution in [0.2, 0.25) is 0 Å². The predicted octanol–water partition coefficient (Wildman–Crippen LogP) is 4.00. The lowest BCUT2D eigenvalue weighted by atomic mass is 10.1. The van der Waals surface area contributed by atoms with Gasteiger partial charge in [-0.3, -0.25) is 9.78 Å². The van der Waals surface area contributed by atoms with Crippen molar-refractivity contribution < 1.29 is 22.7 Å². The standard InChI is InChI=1S/C17H15F3N2O2S/c1-24-13-5-2-11(3-6-13)16-22(8-9-25-16)15(23)12-4-7-14(21-10-12)17(18,19)20/h2-7,10,16H,8-9H2,1H3. The van der Waals surface area contributed by atoms with Crippen LogP contribution in [0, 0.1) is 0 Å². The van der Waals surface area contributed by atoms with E-state index < -0.39 is 11.9 Å². The predicted molar refractivity (Wildman–Crippen MR) is 88.5 cm³/mol. The molecule has 1 amide bonds. The van der Waals surface area contributed by atoms with Gasteiger partial charge < -0.3 is 9.64 Å². The fourth-order valence-electron chi connectivity index (χ4n) is 2.58. The van der Waals surface area contributed by atoms with Crippen LogP contribution in [0.15, 0.2) is 42.6 Å². The number of thioether (sulfide) groups is 1. The molecule has 2 aromatic rings. The Bertz CT molecular complexity index is 748. The topological polar surface area (TPSA) is 42.4 Å². The van der Waals surface area contributed by atoms with Crippen LogP contribution in [0.1, 0.15) is 27.0 Å². The fraction of sp³-hybridized carbons (Fsp3) is 0.294. The van der Waals surface area contributed by atoms with Gasteiger partial charge in [-0.1, -0.05) is 12.1 Å². The quantitative estimate of drug-likeness (QED) is 0.821. The SMILES string of the molecule is COc1ccc(C2SCCN2C(=O)c2ccc(C(F)(F)F)nc2)cc1. The molecule has 2 heterocycles. The van der Waals surface area contributed by atoms with Crippen LogP contribution in [0.25, 0.3) is 0 Å². The number of ether oxygens (including phenoxy) is 1. The van der Waals surface area contributed by atoms with Crippen LogP contribution in [0.3, 0.4) is 0 Å². The molecule has 0 spiro atoms. The molecule has 8 heteroatoms. The number of hydrogen-bond acceptors (Lipinski definition) is 4. The minimum Gasteiger partial charge on any atom is -0.497 e. The summed E-state index contributed by atoms with van der Waals surface area (Å²) < 4.78 is 42.9. The summed E-state index contributed by atoms with van der Waals surface area (Å²) in [7, 11) is 1.58. The minimum atomic E-state index is -4.52. The summed E-state index contributed by atoms with van der Waals surface area (Å²) in [4.78, 5) is 17.7. The molecular weight excluding hydrogens is 353 g/mol. The molecule has 1 fully saturated rings. The zero-order valence-electron chi connectivity index (χ0n) is 13.3. The summed E-state index contributed by atoms with van der Waals surface area (Å²) in [5.41, 5.74) is 0.0806. The number of hydrogen-bond donors (Lipinski definition) is 0. The van der Waals surface area contributed by atoms with Gasteiger partial charge in [-0.15, -0.1) is 11.8 Å². The molecular formula is C17H15F3N2O2S. The molecule has 1 aromatic carbocycles. The van der Waals surface area contributed by atoms with E-state index in [9.17, 15) is 18.0 Å². The van der Waals surface area contributed by atoms with Gasteiger partial charge in [0.25, 0.3) is 5.91 Å². The van der Waals surface area contributed by atoms with Crippen molar-refractivity contribution in [2.24, 2.45) is 0 Å². The van der Waals surface area contributed by atoms with E-state index in [1.54, 1.807) is 23.8 Å². The number of carbonyl (C=O) groups is 1. The maximum atomic E-state index is 12.7. The number of rotatable bonds is 3. The van der Waals surface area contributed by atoms with Crippen molar-refractivity contribution in [1.29, 1.82) is 0 Å². The highest BCUT2D eigenvalue weighted by molar-refractivity contribution is 7.99. The van der Waals surface area contributed by atoms with E-state index in [0.29, 0.717) is 6.54 Å². The number of alkyl halides is 3. The summed E-state index contributed by atoms with van der Waals surface area (Å²) >= 11 is 1.61. The summed E-state index contributed by atoms with van der Waals surface area (Å²) in [6.07, 6.45) is -3.53. The third kappa shape index (κ3) is 3.73. The monoisotopic (exact) mass is 368 g/mol. The van der Waals surface area contributed by atoms with E-state index in [4.69, 9.17) is 4.74 Å². The maximum Gasteiger partial charge on any atom is 0.433 e. The zero-order chi connectivity index (χ0) is 18.0. The summed E-state index contributed by atoms with van der Waals surface area (Å²) in [5, 5.41) is -0.180. The molecule has 1 atom stereocenters. The number of carbonyl (C=O) groups excluding carboxylic acids is 1. The van der Waals surface area contributed by atoms with Gasteiger partial charge in [0.1, 0.15) is 16.8 Å². The molecule has 1 saturated heterocycles. The Morgan fingerprint density at radius 2 is 1.96 bits per heavy atom. The van der Waals surface area contributed by atoms with E-state index in [1.807, 2.05) is 24.3 Å². The third-order valence-electron chi connectivity index (χ3n) is 3.85. The number of methoxy groups -OCH3 is 1. The van der Waals surface area contributed by atoms with Crippen molar-refractivity contribution >= 4 is 17.7 Å². The van der Waals surface area contributed by atoms with E-state index in [1.165, 1.54) is 6.07 Å². The number of aromatic nitrogens is 1. The summed E-state index contributed by atoms with van der Waals surface area (Å²) in [5.74, 6) is 1.15. The number of halogens is 3. The molecule has 1 aliphatic rings. The number of pyridine rings is 1. The molecule has 0 radical (unpaired) electrons. The number of amides is 1. The highest BCUT2D eigenvalue weighted by Crippen LogP contribution is 2.39. The van der Waals surface area contributed by atoms with E-state index in [0.717, 1.165) is 29.3 Å².